The summed E-state index contributed by atoms with van der Waals surface area (Å²) in [6.07, 6.45) is 2.41. The first kappa shape index (κ1) is 19.4. The Labute approximate surface area is 180 Å². The number of carbonyl (C=O) groups excluding carboxylic acids is 1. The average Bonchev–Trinajstić information content (AvgIpc) is 3.49. The van der Waals surface area contributed by atoms with Crippen molar-refractivity contribution in [3.8, 4) is 22.8 Å². The molecule has 2 N–H and O–H groups in total. The number of hydrogen-bond donors (Lipinski definition) is 2. The van der Waals surface area contributed by atoms with E-state index in [9.17, 15) is 4.79 Å². The fourth-order valence-corrected chi connectivity index (χ4v) is 3.95. The monoisotopic (exact) mass is 420 g/mol. The number of carbonyl (C=O) groups is 1. The first-order valence-corrected chi connectivity index (χ1v) is 10.3. The minimum absolute atomic E-state index is 0.219. The Morgan fingerprint density at radius 1 is 1.10 bits per heavy atom. The van der Waals surface area contributed by atoms with Gasteiger partial charge in [0.2, 0.25) is 6.79 Å². The third-order valence-electron chi connectivity index (χ3n) is 5.76. The number of ether oxygens (including phenoxy) is 3. The molecule has 2 aromatic carbocycles. The Morgan fingerprint density at radius 3 is 2.65 bits per heavy atom. The number of anilines is 2. The van der Waals surface area contributed by atoms with E-state index >= 15 is 0 Å². The molecule has 160 valence electrons. The molecular formula is C23H24N4O4. The van der Waals surface area contributed by atoms with Gasteiger partial charge in [-0.3, -0.25) is 9.89 Å². The van der Waals surface area contributed by atoms with Gasteiger partial charge in [0.25, 0.3) is 5.91 Å². The molecule has 3 aromatic rings. The first-order chi connectivity index (χ1) is 15.2. The summed E-state index contributed by atoms with van der Waals surface area (Å²) in [5, 5.41) is 9.99. The Bertz CT molecular complexity index is 1070. The zero-order chi connectivity index (χ0) is 21.2. The van der Waals surface area contributed by atoms with Crippen molar-refractivity contribution in [1.82, 2.24) is 10.2 Å². The number of hydrogen-bond acceptors (Lipinski definition) is 6. The van der Waals surface area contributed by atoms with Gasteiger partial charge >= 0.3 is 0 Å². The highest BCUT2D eigenvalue weighted by Gasteiger charge is 2.19. The molecule has 1 fully saturated rings. The van der Waals surface area contributed by atoms with Crippen LogP contribution in [0.5, 0.6) is 11.5 Å². The molecule has 0 atom stereocenters. The summed E-state index contributed by atoms with van der Waals surface area (Å²) in [7, 11) is 1.77. The van der Waals surface area contributed by atoms with Crippen LogP contribution < -0.4 is 19.7 Å². The van der Waals surface area contributed by atoms with Crippen LogP contribution in [0.1, 0.15) is 23.3 Å². The van der Waals surface area contributed by atoms with Crippen molar-refractivity contribution >= 4 is 17.3 Å². The van der Waals surface area contributed by atoms with Crippen molar-refractivity contribution in [3.05, 3.63) is 54.2 Å². The van der Waals surface area contributed by atoms with Gasteiger partial charge in [-0.15, -0.1) is 0 Å². The fourth-order valence-electron chi connectivity index (χ4n) is 3.95. The number of aromatic nitrogens is 2. The van der Waals surface area contributed by atoms with Crippen LogP contribution in [0.25, 0.3) is 11.3 Å². The molecule has 0 saturated carbocycles. The van der Waals surface area contributed by atoms with Crippen LogP contribution in [0.15, 0.2) is 48.5 Å². The number of rotatable bonds is 5. The second-order valence-corrected chi connectivity index (χ2v) is 7.66. The summed E-state index contributed by atoms with van der Waals surface area (Å²) in [4.78, 5) is 15.0. The summed E-state index contributed by atoms with van der Waals surface area (Å²) in [6, 6.07) is 15.2. The lowest BCUT2D eigenvalue weighted by Gasteiger charge is -2.33. The number of amides is 1. The number of H-pyrrole nitrogens is 1. The maximum Gasteiger partial charge on any atom is 0.273 e. The maximum atomic E-state index is 12.7. The van der Waals surface area contributed by atoms with Crippen LogP contribution in [0.3, 0.4) is 0 Å². The molecular weight excluding hydrogens is 396 g/mol. The van der Waals surface area contributed by atoms with Crippen molar-refractivity contribution in [1.29, 1.82) is 0 Å². The van der Waals surface area contributed by atoms with Gasteiger partial charge in [-0.2, -0.15) is 5.10 Å². The second kappa shape index (κ2) is 8.31. The third kappa shape index (κ3) is 4.06. The van der Waals surface area contributed by atoms with Gasteiger partial charge < -0.3 is 24.4 Å². The molecule has 1 aromatic heterocycles. The smallest absolute Gasteiger partial charge is 0.273 e. The number of benzene rings is 2. The number of fused-ring (bicyclic) bond motifs is 1. The highest BCUT2D eigenvalue weighted by Crippen LogP contribution is 2.35. The molecule has 0 aliphatic carbocycles. The topological polar surface area (TPSA) is 88.7 Å². The number of aromatic amines is 1. The van der Waals surface area contributed by atoms with E-state index in [2.05, 4.69) is 20.4 Å². The van der Waals surface area contributed by atoms with Gasteiger partial charge in [0.1, 0.15) is 5.69 Å². The van der Waals surface area contributed by atoms with E-state index in [-0.39, 0.29) is 12.7 Å². The van der Waals surface area contributed by atoms with Crippen molar-refractivity contribution in [2.24, 2.45) is 0 Å². The van der Waals surface area contributed by atoms with E-state index in [1.807, 2.05) is 42.5 Å². The van der Waals surface area contributed by atoms with Crippen LogP contribution in [-0.2, 0) is 4.74 Å². The summed E-state index contributed by atoms with van der Waals surface area (Å²) >= 11 is 0. The molecule has 3 heterocycles. The summed E-state index contributed by atoms with van der Waals surface area (Å²) in [5.74, 6) is 1.15. The largest absolute Gasteiger partial charge is 0.454 e. The van der Waals surface area contributed by atoms with Gasteiger partial charge in [0, 0.05) is 37.1 Å². The number of piperidine rings is 1. The standard InChI is InChI=1S/C23H24N4O4/c1-29-18-8-10-27(11-9-18)17-5-3-16(4-6-17)24-23(28)20-13-19(25-26-20)15-2-7-21-22(12-15)31-14-30-21/h2-7,12-13,18H,8-11,14H2,1H3,(H,24,28)(H,25,26). The van der Waals surface area contributed by atoms with Gasteiger partial charge in [-0.25, -0.2) is 0 Å². The lowest BCUT2D eigenvalue weighted by Crippen LogP contribution is -2.36. The SMILES string of the molecule is COC1CCN(c2ccc(NC(=O)c3cc(-c4ccc5c(c4)OCO5)n[nH]3)cc2)CC1. The number of nitrogens with zero attached hydrogens (tertiary/aromatic N) is 2. The van der Waals surface area contributed by atoms with Crippen molar-refractivity contribution in [2.75, 3.05) is 37.2 Å². The van der Waals surface area contributed by atoms with Gasteiger partial charge in [0.05, 0.1) is 11.8 Å². The maximum absolute atomic E-state index is 12.7. The van der Waals surface area contributed by atoms with E-state index in [0.29, 0.717) is 29.0 Å². The van der Waals surface area contributed by atoms with Crippen LogP contribution in [0, 0.1) is 0 Å². The molecule has 0 unspecified atom stereocenters. The van der Waals surface area contributed by atoms with E-state index in [0.717, 1.165) is 42.9 Å². The Balaban J connectivity index is 1.23. The van der Waals surface area contributed by atoms with Crippen molar-refractivity contribution < 1.29 is 19.0 Å². The van der Waals surface area contributed by atoms with Crippen LogP contribution in [-0.4, -0.2) is 49.2 Å². The summed E-state index contributed by atoms with van der Waals surface area (Å²) in [6.45, 7) is 2.17. The molecule has 0 bridgehead atoms. The van der Waals surface area contributed by atoms with Crippen LogP contribution in [0.2, 0.25) is 0 Å². The third-order valence-corrected chi connectivity index (χ3v) is 5.76. The lowest BCUT2D eigenvalue weighted by atomic mass is 10.1. The Kier molecular flexibility index (Phi) is 5.21. The lowest BCUT2D eigenvalue weighted by molar-refractivity contribution is 0.0819. The van der Waals surface area contributed by atoms with E-state index in [1.165, 1.54) is 0 Å². The predicted molar refractivity (Wildman–Crippen MR) is 117 cm³/mol. The van der Waals surface area contributed by atoms with Crippen molar-refractivity contribution in [2.45, 2.75) is 18.9 Å². The Morgan fingerprint density at radius 2 is 1.87 bits per heavy atom. The number of methoxy groups -OCH3 is 1. The van der Waals surface area contributed by atoms with Gasteiger partial charge in [-0.1, -0.05) is 0 Å². The molecule has 0 radical (unpaired) electrons. The molecule has 1 amide bonds. The van der Waals surface area contributed by atoms with E-state index < -0.39 is 0 Å². The minimum Gasteiger partial charge on any atom is -0.454 e. The molecule has 31 heavy (non-hydrogen) atoms. The molecule has 5 rings (SSSR count). The van der Waals surface area contributed by atoms with Crippen LogP contribution >= 0.6 is 0 Å². The molecule has 1 saturated heterocycles. The fraction of sp³-hybridized carbons (Fsp3) is 0.304. The molecule has 2 aliphatic rings. The molecule has 8 heteroatoms. The highest BCUT2D eigenvalue weighted by atomic mass is 16.7. The van der Waals surface area contributed by atoms with Crippen molar-refractivity contribution in [3.63, 3.8) is 0 Å². The summed E-state index contributed by atoms with van der Waals surface area (Å²) in [5.41, 5.74) is 3.79. The number of nitrogens with one attached hydrogen (secondary N) is 2. The Hall–Kier alpha value is -3.52. The minimum atomic E-state index is -0.242. The van der Waals surface area contributed by atoms with E-state index in [4.69, 9.17) is 14.2 Å². The average molecular weight is 420 g/mol. The van der Waals surface area contributed by atoms with Gasteiger partial charge in [-0.05, 0) is 61.4 Å². The predicted octanol–water partition coefficient (Wildman–Crippen LogP) is 3.67. The zero-order valence-electron chi connectivity index (χ0n) is 17.3. The molecule has 8 nitrogen and oxygen atoms in total. The normalized spacial score (nSPS) is 15.8. The van der Waals surface area contributed by atoms with E-state index in [1.54, 1.807) is 13.2 Å². The van der Waals surface area contributed by atoms with Gasteiger partial charge in [0.15, 0.2) is 11.5 Å². The molecule has 2 aliphatic heterocycles. The van der Waals surface area contributed by atoms with Crippen LogP contribution in [0.4, 0.5) is 11.4 Å². The quantitative estimate of drug-likeness (QED) is 0.655. The summed E-state index contributed by atoms with van der Waals surface area (Å²) < 4.78 is 16.2. The highest BCUT2D eigenvalue weighted by molar-refractivity contribution is 6.03. The molecule has 0 spiro atoms. The second-order valence-electron chi connectivity index (χ2n) is 7.66. The zero-order valence-corrected chi connectivity index (χ0v) is 17.3. The first-order valence-electron chi connectivity index (χ1n) is 10.3.